The van der Waals surface area contributed by atoms with Crippen molar-refractivity contribution in [2.24, 2.45) is 0 Å². The topological polar surface area (TPSA) is 80.1 Å². The Kier molecular flexibility index (Phi) is 5.05. The molecule has 2 aromatic rings. The number of nitrogens with zero attached hydrogens (tertiary/aromatic N) is 4. The maximum atomic E-state index is 12.1. The molecule has 0 aliphatic heterocycles. The van der Waals surface area contributed by atoms with E-state index in [-0.39, 0.29) is 6.54 Å². The molecule has 0 unspecified atom stereocenters. The second-order valence-corrected chi connectivity index (χ2v) is 6.14. The fraction of sp³-hybridized carbons (Fsp3) is 0.385. The number of aromatic nitrogens is 3. The first kappa shape index (κ1) is 15.6. The minimum atomic E-state index is -3.45. The fourth-order valence-electron chi connectivity index (χ4n) is 1.93. The summed E-state index contributed by atoms with van der Waals surface area (Å²) in [5, 5.41) is 4.10. The van der Waals surface area contributed by atoms with Crippen molar-refractivity contribution in [3.63, 3.8) is 0 Å². The van der Waals surface area contributed by atoms with E-state index in [1.54, 1.807) is 41.5 Å². The van der Waals surface area contributed by atoms with Crippen molar-refractivity contribution in [3.05, 3.63) is 42.4 Å². The zero-order chi connectivity index (χ0) is 15.3. The van der Waals surface area contributed by atoms with Crippen molar-refractivity contribution in [1.29, 1.82) is 0 Å². The third kappa shape index (κ3) is 3.87. The molecule has 114 valence electrons. The molecule has 0 aliphatic carbocycles. The van der Waals surface area contributed by atoms with Crippen LogP contribution in [0.25, 0.3) is 5.82 Å². The Morgan fingerprint density at radius 1 is 1.29 bits per heavy atom. The van der Waals surface area contributed by atoms with Crippen molar-refractivity contribution >= 4 is 10.2 Å². The quantitative estimate of drug-likeness (QED) is 0.825. The molecule has 0 bridgehead atoms. The van der Waals surface area contributed by atoms with Crippen molar-refractivity contribution in [1.82, 2.24) is 23.8 Å². The Bertz CT molecular complexity index is 666. The Morgan fingerprint density at radius 3 is 2.67 bits per heavy atom. The normalized spacial score (nSPS) is 12.0. The maximum absolute atomic E-state index is 12.1. The van der Waals surface area contributed by atoms with Crippen LogP contribution >= 0.6 is 0 Å². The van der Waals surface area contributed by atoms with E-state index in [2.05, 4.69) is 14.8 Å². The molecule has 1 N–H and O–H groups in total. The van der Waals surface area contributed by atoms with Crippen LogP contribution in [0.5, 0.6) is 0 Å². The average molecular weight is 309 g/mol. The zero-order valence-corrected chi connectivity index (χ0v) is 12.9. The average Bonchev–Trinajstić information content (AvgIpc) is 3.01. The molecule has 0 atom stereocenters. The molecule has 0 fully saturated rings. The first-order chi connectivity index (χ1) is 10.1. The summed E-state index contributed by atoms with van der Waals surface area (Å²) in [4.78, 5) is 4.21. The summed E-state index contributed by atoms with van der Waals surface area (Å²) in [6, 6.07) is 5.38. The minimum Gasteiger partial charge on any atom is -0.237 e. The summed E-state index contributed by atoms with van der Waals surface area (Å²) in [6.07, 6.45) is 5.08. The molecule has 0 amide bonds. The van der Waals surface area contributed by atoms with Crippen LogP contribution in [-0.4, -0.2) is 40.6 Å². The van der Waals surface area contributed by atoms with Crippen LogP contribution in [0.3, 0.4) is 0 Å². The van der Waals surface area contributed by atoms with Gasteiger partial charge in [0.2, 0.25) is 0 Å². The Morgan fingerprint density at radius 2 is 2.05 bits per heavy atom. The largest absolute Gasteiger partial charge is 0.279 e. The lowest BCUT2D eigenvalue weighted by molar-refractivity contribution is 0.434. The highest BCUT2D eigenvalue weighted by Gasteiger charge is 2.17. The van der Waals surface area contributed by atoms with E-state index in [9.17, 15) is 8.42 Å². The number of rotatable bonds is 7. The molecule has 7 nitrogen and oxygen atoms in total. The van der Waals surface area contributed by atoms with Gasteiger partial charge in [-0.1, -0.05) is 13.8 Å². The van der Waals surface area contributed by atoms with E-state index >= 15 is 0 Å². The molecule has 8 heteroatoms. The number of nitrogens with one attached hydrogen (secondary N) is 1. The number of pyridine rings is 1. The van der Waals surface area contributed by atoms with Crippen molar-refractivity contribution in [2.45, 2.75) is 20.4 Å². The van der Waals surface area contributed by atoms with E-state index in [4.69, 9.17) is 0 Å². The second kappa shape index (κ2) is 6.79. The smallest absolute Gasteiger partial charge is 0.237 e. The Hall–Kier alpha value is -1.77. The van der Waals surface area contributed by atoms with Gasteiger partial charge in [0.1, 0.15) is 0 Å². The lowest BCUT2D eigenvalue weighted by atomic mass is 10.2. The van der Waals surface area contributed by atoms with Gasteiger partial charge < -0.3 is 0 Å². The van der Waals surface area contributed by atoms with Gasteiger partial charge in [-0.25, -0.2) is 9.67 Å². The third-order valence-corrected chi connectivity index (χ3v) is 4.76. The monoisotopic (exact) mass is 309 g/mol. The molecule has 2 heterocycles. The summed E-state index contributed by atoms with van der Waals surface area (Å²) >= 11 is 0. The highest BCUT2D eigenvalue weighted by Crippen LogP contribution is 2.07. The molecule has 0 saturated heterocycles. The highest BCUT2D eigenvalue weighted by molar-refractivity contribution is 7.87. The van der Waals surface area contributed by atoms with Crippen molar-refractivity contribution < 1.29 is 8.42 Å². The van der Waals surface area contributed by atoms with Crippen molar-refractivity contribution in [2.75, 3.05) is 13.1 Å². The van der Waals surface area contributed by atoms with Crippen LogP contribution in [0.1, 0.15) is 19.4 Å². The fourth-order valence-corrected chi connectivity index (χ4v) is 3.14. The summed E-state index contributed by atoms with van der Waals surface area (Å²) < 4.78 is 29.7. The first-order valence-corrected chi connectivity index (χ1v) is 8.20. The van der Waals surface area contributed by atoms with Crippen LogP contribution in [-0.2, 0) is 16.8 Å². The number of hydrogen-bond donors (Lipinski definition) is 1. The lowest BCUT2D eigenvalue weighted by Crippen LogP contribution is -2.40. The predicted octanol–water partition coefficient (Wildman–Crippen LogP) is 0.943. The molecule has 2 aromatic heterocycles. The van der Waals surface area contributed by atoms with E-state index in [1.807, 2.05) is 13.8 Å². The van der Waals surface area contributed by atoms with Gasteiger partial charge >= 0.3 is 0 Å². The lowest BCUT2D eigenvalue weighted by Gasteiger charge is -2.18. The molecular formula is C13H19N5O2S. The first-order valence-electron chi connectivity index (χ1n) is 6.76. The van der Waals surface area contributed by atoms with E-state index in [1.165, 1.54) is 4.31 Å². The third-order valence-electron chi connectivity index (χ3n) is 3.05. The molecule has 0 radical (unpaired) electrons. The van der Waals surface area contributed by atoms with E-state index < -0.39 is 10.2 Å². The summed E-state index contributed by atoms with van der Waals surface area (Å²) in [5.41, 5.74) is 0.825. The molecular weight excluding hydrogens is 290 g/mol. The molecule has 0 aliphatic rings. The van der Waals surface area contributed by atoms with Crippen LogP contribution in [0.2, 0.25) is 0 Å². The SMILES string of the molecule is CCN(CC)S(=O)(=O)NCc1ccnc(-n2cccn2)c1. The van der Waals surface area contributed by atoms with Gasteiger partial charge in [0.05, 0.1) is 0 Å². The second-order valence-electron chi connectivity index (χ2n) is 4.38. The summed E-state index contributed by atoms with van der Waals surface area (Å²) in [7, 11) is -3.45. The van der Waals surface area contributed by atoms with Crippen LogP contribution in [0, 0.1) is 0 Å². The molecule has 2 rings (SSSR count). The van der Waals surface area contributed by atoms with E-state index in [0.717, 1.165) is 5.56 Å². The van der Waals surface area contributed by atoms with Gasteiger partial charge in [-0.05, 0) is 23.8 Å². The van der Waals surface area contributed by atoms with E-state index in [0.29, 0.717) is 18.9 Å². The zero-order valence-electron chi connectivity index (χ0n) is 12.1. The maximum Gasteiger partial charge on any atom is 0.279 e. The Labute approximate surface area is 124 Å². The molecule has 0 aromatic carbocycles. The standard InChI is InChI=1S/C13H19N5O2S/c1-3-17(4-2)21(19,20)16-11-12-6-8-14-13(10-12)18-9-5-7-15-18/h5-10,16H,3-4,11H2,1-2H3. The highest BCUT2D eigenvalue weighted by atomic mass is 32.2. The van der Waals surface area contributed by atoms with Gasteiger partial charge in [-0.15, -0.1) is 0 Å². The van der Waals surface area contributed by atoms with Gasteiger partial charge in [-0.3, -0.25) is 0 Å². The molecule has 0 saturated carbocycles. The Balaban J connectivity index is 2.09. The number of hydrogen-bond acceptors (Lipinski definition) is 4. The minimum absolute atomic E-state index is 0.218. The van der Waals surface area contributed by atoms with Crippen LogP contribution in [0.4, 0.5) is 0 Å². The molecule has 21 heavy (non-hydrogen) atoms. The summed E-state index contributed by atoms with van der Waals surface area (Å²) in [6.45, 7) is 4.73. The molecule has 0 spiro atoms. The van der Waals surface area contributed by atoms with Crippen molar-refractivity contribution in [3.8, 4) is 5.82 Å². The van der Waals surface area contributed by atoms with Gasteiger partial charge in [-0.2, -0.15) is 22.5 Å². The van der Waals surface area contributed by atoms with Crippen LogP contribution in [0.15, 0.2) is 36.8 Å². The predicted molar refractivity (Wildman–Crippen MR) is 80.0 cm³/mol. The van der Waals surface area contributed by atoms with Gasteiger partial charge in [0.15, 0.2) is 5.82 Å². The van der Waals surface area contributed by atoms with Gasteiger partial charge in [0, 0.05) is 38.2 Å². The summed E-state index contributed by atoms with van der Waals surface area (Å²) in [5.74, 6) is 0.652. The van der Waals surface area contributed by atoms with Gasteiger partial charge in [0.25, 0.3) is 10.2 Å². The van der Waals surface area contributed by atoms with Crippen LogP contribution < -0.4 is 4.72 Å².